The zero-order chi connectivity index (χ0) is 24.0. The second-order valence-corrected chi connectivity index (χ2v) is 8.43. The summed E-state index contributed by atoms with van der Waals surface area (Å²) in [6.45, 7) is 7.97. The molecule has 0 saturated carbocycles. The van der Waals surface area contributed by atoms with Gasteiger partial charge in [0, 0.05) is 24.4 Å². The van der Waals surface area contributed by atoms with Gasteiger partial charge in [-0.3, -0.25) is 9.59 Å². The lowest BCUT2D eigenvalue weighted by Crippen LogP contribution is -2.36. The average Bonchev–Trinajstić information content (AvgIpc) is 3.13. The summed E-state index contributed by atoms with van der Waals surface area (Å²) in [7, 11) is 1.62. The Morgan fingerprint density at radius 1 is 0.970 bits per heavy atom. The number of anilines is 1. The fourth-order valence-corrected chi connectivity index (χ4v) is 3.42. The molecule has 7 nitrogen and oxygen atoms in total. The molecule has 1 atom stereocenters. The molecular formula is C26H32N4O3. The molecule has 1 unspecified atom stereocenters. The molecule has 1 aromatic heterocycles. The number of methoxy groups -OCH3 is 1. The first-order valence-electron chi connectivity index (χ1n) is 11.2. The van der Waals surface area contributed by atoms with E-state index in [9.17, 15) is 9.59 Å². The molecule has 0 aliphatic carbocycles. The maximum Gasteiger partial charge on any atom is 0.226 e. The average molecular weight is 449 g/mol. The van der Waals surface area contributed by atoms with Gasteiger partial charge < -0.3 is 15.4 Å². The van der Waals surface area contributed by atoms with Gasteiger partial charge in [0.2, 0.25) is 11.8 Å². The van der Waals surface area contributed by atoms with Crippen LogP contribution in [0.4, 0.5) is 5.82 Å². The molecule has 2 amide bonds. The summed E-state index contributed by atoms with van der Waals surface area (Å²) in [6.07, 6.45) is 0.205. The number of rotatable bonds is 9. The van der Waals surface area contributed by atoms with Gasteiger partial charge in [0.05, 0.1) is 18.5 Å². The van der Waals surface area contributed by atoms with Gasteiger partial charge in [0.1, 0.15) is 11.6 Å². The zero-order valence-electron chi connectivity index (χ0n) is 19.9. The van der Waals surface area contributed by atoms with E-state index >= 15 is 0 Å². The molecule has 0 spiro atoms. The number of carbonyl (C=O) groups is 2. The fraction of sp³-hybridized carbons (Fsp3) is 0.346. The van der Waals surface area contributed by atoms with Crippen LogP contribution in [0.25, 0.3) is 16.8 Å². The number of ether oxygens (including phenoxy) is 1. The number of aryl methyl sites for hydroxylation is 1. The fourth-order valence-electron chi connectivity index (χ4n) is 3.42. The van der Waals surface area contributed by atoms with Gasteiger partial charge in [-0.2, -0.15) is 5.10 Å². The van der Waals surface area contributed by atoms with E-state index in [-0.39, 0.29) is 30.7 Å². The van der Waals surface area contributed by atoms with E-state index in [0.717, 1.165) is 28.3 Å². The molecule has 0 radical (unpaired) electrons. The Balaban J connectivity index is 1.87. The van der Waals surface area contributed by atoms with Crippen LogP contribution in [0, 0.1) is 12.8 Å². The summed E-state index contributed by atoms with van der Waals surface area (Å²) in [5, 5.41) is 10.6. The highest BCUT2D eigenvalue weighted by Crippen LogP contribution is 2.33. The van der Waals surface area contributed by atoms with Crippen LogP contribution in [-0.2, 0) is 9.59 Å². The second kappa shape index (κ2) is 10.8. The predicted octanol–water partition coefficient (Wildman–Crippen LogP) is 4.74. The van der Waals surface area contributed by atoms with Gasteiger partial charge in [-0.15, -0.1) is 0 Å². The largest absolute Gasteiger partial charge is 0.497 e. The van der Waals surface area contributed by atoms with Crippen molar-refractivity contribution < 1.29 is 14.3 Å². The summed E-state index contributed by atoms with van der Waals surface area (Å²) >= 11 is 0. The van der Waals surface area contributed by atoms with E-state index in [1.807, 2.05) is 82.3 Å². The molecule has 33 heavy (non-hydrogen) atoms. The van der Waals surface area contributed by atoms with Crippen LogP contribution < -0.4 is 15.4 Å². The number of hydrogen-bond acceptors (Lipinski definition) is 4. The van der Waals surface area contributed by atoms with E-state index in [2.05, 4.69) is 10.6 Å². The minimum absolute atomic E-state index is 0.0596. The number of amides is 2. The Kier molecular flexibility index (Phi) is 7.87. The smallest absolute Gasteiger partial charge is 0.226 e. The molecule has 1 heterocycles. The zero-order valence-corrected chi connectivity index (χ0v) is 19.9. The highest BCUT2D eigenvalue weighted by molar-refractivity contribution is 5.97. The molecule has 7 heteroatoms. The number of nitrogens with one attached hydrogen (secondary N) is 2. The Labute approximate surface area is 195 Å². The highest BCUT2D eigenvalue weighted by Gasteiger charge is 2.21. The van der Waals surface area contributed by atoms with Crippen molar-refractivity contribution in [2.75, 3.05) is 12.4 Å². The van der Waals surface area contributed by atoms with Gasteiger partial charge in [-0.1, -0.05) is 44.2 Å². The molecule has 0 aliphatic heterocycles. The van der Waals surface area contributed by atoms with Crippen molar-refractivity contribution in [3.8, 4) is 22.6 Å². The summed E-state index contributed by atoms with van der Waals surface area (Å²) in [5.74, 6) is 1.27. The molecule has 2 aromatic carbocycles. The summed E-state index contributed by atoms with van der Waals surface area (Å²) in [6, 6.07) is 17.3. The third-order valence-electron chi connectivity index (χ3n) is 5.67. The van der Waals surface area contributed by atoms with Gasteiger partial charge in [0.25, 0.3) is 0 Å². The van der Waals surface area contributed by atoms with E-state index in [1.54, 1.807) is 11.8 Å². The molecule has 0 bridgehead atoms. The number of aromatic nitrogens is 2. The first kappa shape index (κ1) is 24.0. The first-order chi connectivity index (χ1) is 15.8. The third-order valence-corrected chi connectivity index (χ3v) is 5.67. The molecule has 0 saturated heterocycles. The maximum atomic E-state index is 12.9. The van der Waals surface area contributed by atoms with E-state index in [1.165, 1.54) is 0 Å². The Morgan fingerprint density at radius 2 is 1.61 bits per heavy atom. The molecule has 0 aliphatic rings. The molecular weight excluding hydrogens is 416 g/mol. The minimum atomic E-state index is -0.241. The monoisotopic (exact) mass is 448 g/mol. The highest BCUT2D eigenvalue weighted by atomic mass is 16.5. The molecule has 0 fully saturated rings. The SMILES string of the molecule is COc1ccc(-n2nc(C)c(-c3ccccc3)c2NC(=O)CCC(=O)NC(C)C(C)C)cc1. The quantitative estimate of drug-likeness (QED) is 0.495. The molecule has 2 N–H and O–H groups in total. The predicted molar refractivity (Wildman–Crippen MR) is 131 cm³/mol. The number of hydrogen-bond donors (Lipinski definition) is 2. The first-order valence-corrected chi connectivity index (χ1v) is 11.2. The van der Waals surface area contributed by atoms with Gasteiger partial charge in [-0.25, -0.2) is 4.68 Å². The van der Waals surface area contributed by atoms with Crippen LogP contribution in [0.5, 0.6) is 5.75 Å². The Hall–Kier alpha value is -3.61. The Bertz CT molecular complexity index is 1090. The van der Waals surface area contributed by atoms with Crippen LogP contribution in [0.3, 0.4) is 0 Å². The van der Waals surface area contributed by atoms with E-state index in [4.69, 9.17) is 9.84 Å². The standard InChI is InChI=1S/C26H32N4O3/c1-17(2)18(3)27-23(31)15-16-24(32)28-26-25(20-9-7-6-8-10-20)19(4)29-30(26)21-11-13-22(33-5)14-12-21/h6-14,17-18H,15-16H2,1-5H3,(H,27,31)(H,28,32). The minimum Gasteiger partial charge on any atom is -0.497 e. The molecule has 174 valence electrons. The second-order valence-electron chi connectivity index (χ2n) is 8.43. The van der Waals surface area contributed by atoms with Crippen molar-refractivity contribution in [3.05, 3.63) is 60.3 Å². The Morgan fingerprint density at radius 3 is 2.21 bits per heavy atom. The summed E-state index contributed by atoms with van der Waals surface area (Å²) in [5.41, 5.74) is 3.38. The lowest BCUT2D eigenvalue weighted by atomic mass is 10.1. The summed E-state index contributed by atoms with van der Waals surface area (Å²) in [4.78, 5) is 25.1. The van der Waals surface area contributed by atoms with Crippen LogP contribution in [0.15, 0.2) is 54.6 Å². The van der Waals surface area contributed by atoms with Crippen molar-refractivity contribution in [1.82, 2.24) is 15.1 Å². The van der Waals surface area contributed by atoms with Crippen molar-refractivity contribution in [3.63, 3.8) is 0 Å². The summed E-state index contributed by atoms with van der Waals surface area (Å²) < 4.78 is 6.98. The maximum absolute atomic E-state index is 12.9. The van der Waals surface area contributed by atoms with Crippen LogP contribution in [-0.4, -0.2) is 34.7 Å². The number of nitrogens with zero attached hydrogens (tertiary/aromatic N) is 2. The van der Waals surface area contributed by atoms with Crippen molar-refractivity contribution in [2.24, 2.45) is 5.92 Å². The molecule has 3 rings (SSSR count). The topological polar surface area (TPSA) is 85.2 Å². The third kappa shape index (κ3) is 6.00. The lowest BCUT2D eigenvalue weighted by Gasteiger charge is -2.17. The van der Waals surface area contributed by atoms with Crippen molar-refractivity contribution in [2.45, 2.75) is 46.6 Å². The van der Waals surface area contributed by atoms with Crippen LogP contribution in [0.1, 0.15) is 39.3 Å². The van der Waals surface area contributed by atoms with Crippen molar-refractivity contribution >= 4 is 17.6 Å². The lowest BCUT2D eigenvalue weighted by molar-refractivity contribution is -0.125. The van der Waals surface area contributed by atoms with E-state index < -0.39 is 0 Å². The van der Waals surface area contributed by atoms with Crippen LogP contribution in [0.2, 0.25) is 0 Å². The normalized spacial score (nSPS) is 11.8. The van der Waals surface area contributed by atoms with E-state index in [0.29, 0.717) is 11.7 Å². The van der Waals surface area contributed by atoms with Gasteiger partial charge in [-0.05, 0) is 49.6 Å². The number of carbonyl (C=O) groups excluding carboxylic acids is 2. The van der Waals surface area contributed by atoms with Crippen LogP contribution >= 0.6 is 0 Å². The van der Waals surface area contributed by atoms with Crippen molar-refractivity contribution in [1.29, 1.82) is 0 Å². The van der Waals surface area contributed by atoms with Gasteiger partial charge in [0.15, 0.2) is 0 Å². The molecule has 3 aromatic rings. The number of benzene rings is 2. The van der Waals surface area contributed by atoms with Gasteiger partial charge >= 0.3 is 0 Å².